The Morgan fingerprint density at radius 3 is 2.91 bits per heavy atom. The second kappa shape index (κ2) is 8.60. The van der Waals surface area contributed by atoms with Crippen molar-refractivity contribution in [1.29, 1.82) is 0 Å². The number of carbonyl (C=O) groups is 1. The highest BCUT2D eigenvalue weighted by atomic mass is 16.5. The Kier molecular flexibility index (Phi) is 6.48. The van der Waals surface area contributed by atoms with Crippen LogP contribution in [0.5, 0.6) is 0 Å². The van der Waals surface area contributed by atoms with Crippen LogP contribution in [0.15, 0.2) is 30.3 Å². The Balaban J connectivity index is 1.97. The zero-order chi connectivity index (χ0) is 15.8. The van der Waals surface area contributed by atoms with Gasteiger partial charge in [0.15, 0.2) is 0 Å². The lowest BCUT2D eigenvalue weighted by Crippen LogP contribution is -2.43. The smallest absolute Gasteiger partial charge is 0.230 e. The molecule has 22 heavy (non-hydrogen) atoms. The fourth-order valence-corrected chi connectivity index (χ4v) is 3.14. The Morgan fingerprint density at radius 1 is 1.45 bits per heavy atom. The van der Waals surface area contributed by atoms with Gasteiger partial charge in [0.25, 0.3) is 0 Å². The van der Waals surface area contributed by atoms with Crippen LogP contribution in [-0.4, -0.2) is 37.1 Å². The number of hydrogen-bond donors (Lipinski definition) is 0. The molecule has 0 aliphatic carbocycles. The second-order valence-electron chi connectivity index (χ2n) is 5.88. The third kappa shape index (κ3) is 4.35. The van der Waals surface area contributed by atoms with Gasteiger partial charge < -0.3 is 9.64 Å². The van der Waals surface area contributed by atoms with Gasteiger partial charge >= 0.3 is 0 Å². The van der Waals surface area contributed by atoms with Crippen molar-refractivity contribution < 1.29 is 9.53 Å². The highest BCUT2D eigenvalue weighted by Gasteiger charge is 2.28. The molecule has 0 radical (unpaired) electrons. The van der Waals surface area contributed by atoms with E-state index < -0.39 is 0 Å². The molecule has 1 saturated heterocycles. The van der Waals surface area contributed by atoms with Crippen LogP contribution in [0.4, 0.5) is 0 Å². The molecule has 0 aromatic heterocycles. The summed E-state index contributed by atoms with van der Waals surface area (Å²) in [5, 5.41) is 0. The molecule has 1 aliphatic heterocycles. The Bertz CT molecular complexity index is 506. The highest BCUT2D eigenvalue weighted by molar-refractivity contribution is 5.83. The van der Waals surface area contributed by atoms with Crippen molar-refractivity contribution in [3.8, 4) is 12.3 Å². The zero-order valence-corrected chi connectivity index (χ0v) is 13.3. The van der Waals surface area contributed by atoms with Gasteiger partial charge in [-0.3, -0.25) is 4.79 Å². The molecule has 0 saturated carbocycles. The summed E-state index contributed by atoms with van der Waals surface area (Å²) in [6, 6.07) is 10.1. The van der Waals surface area contributed by atoms with E-state index in [-0.39, 0.29) is 11.8 Å². The SMILES string of the molecule is C#CCOC[C@@H]1CCCN(C(=O)[C@H](CC)c2ccccc2)C1. The van der Waals surface area contributed by atoms with Crippen LogP contribution >= 0.6 is 0 Å². The van der Waals surface area contributed by atoms with E-state index in [0.717, 1.165) is 37.9 Å². The minimum absolute atomic E-state index is 0.0356. The van der Waals surface area contributed by atoms with E-state index in [2.05, 4.69) is 12.8 Å². The number of hydrogen-bond acceptors (Lipinski definition) is 2. The van der Waals surface area contributed by atoms with Crippen molar-refractivity contribution in [3.63, 3.8) is 0 Å². The molecule has 0 spiro atoms. The average Bonchev–Trinajstić information content (AvgIpc) is 2.57. The molecule has 1 aromatic carbocycles. The molecule has 1 heterocycles. The molecule has 1 aliphatic rings. The minimum atomic E-state index is -0.0356. The first-order chi connectivity index (χ1) is 10.8. The lowest BCUT2D eigenvalue weighted by atomic mass is 9.92. The highest BCUT2D eigenvalue weighted by Crippen LogP contribution is 2.25. The van der Waals surface area contributed by atoms with E-state index in [1.165, 1.54) is 0 Å². The number of piperidine rings is 1. The van der Waals surface area contributed by atoms with Crippen molar-refractivity contribution in [2.24, 2.45) is 5.92 Å². The second-order valence-corrected chi connectivity index (χ2v) is 5.88. The normalized spacial score (nSPS) is 19.5. The van der Waals surface area contributed by atoms with E-state index >= 15 is 0 Å². The van der Waals surface area contributed by atoms with Gasteiger partial charge in [0.05, 0.1) is 12.5 Å². The third-order valence-corrected chi connectivity index (χ3v) is 4.28. The van der Waals surface area contributed by atoms with E-state index in [1.54, 1.807) is 0 Å². The number of ether oxygens (including phenoxy) is 1. The molecule has 3 heteroatoms. The van der Waals surface area contributed by atoms with Crippen molar-refractivity contribution in [2.75, 3.05) is 26.3 Å². The van der Waals surface area contributed by atoms with Crippen LogP contribution in [0, 0.1) is 18.3 Å². The van der Waals surface area contributed by atoms with Gasteiger partial charge in [-0.2, -0.15) is 0 Å². The molecule has 3 nitrogen and oxygen atoms in total. The van der Waals surface area contributed by atoms with Crippen LogP contribution in [0.1, 0.15) is 37.7 Å². The number of likely N-dealkylation sites (tertiary alicyclic amines) is 1. The van der Waals surface area contributed by atoms with Gasteiger partial charge in [0.2, 0.25) is 5.91 Å². The monoisotopic (exact) mass is 299 g/mol. The van der Waals surface area contributed by atoms with E-state index in [4.69, 9.17) is 11.2 Å². The maximum atomic E-state index is 12.9. The summed E-state index contributed by atoms with van der Waals surface area (Å²) in [4.78, 5) is 14.9. The van der Waals surface area contributed by atoms with Crippen LogP contribution in [-0.2, 0) is 9.53 Å². The first kappa shape index (κ1) is 16.6. The Morgan fingerprint density at radius 2 is 2.23 bits per heavy atom. The maximum Gasteiger partial charge on any atom is 0.230 e. The maximum absolute atomic E-state index is 12.9. The molecule has 2 rings (SSSR count). The summed E-state index contributed by atoms with van der Waals surface area (Å²) >= 11 is 0. The van der Waals surface area contributed by atoms with Crippen molar-refractivity contribution in [3.05, 3.63) is 35.9 Å². The number of rotatable bonds is 6. The summed E-state index contributed by atoms with van der Waals surface area (Å²) in [5.74, 6) is 3.10. The Hall–Kier alpha value is -1.79. The summed E-state index contributed by atoms with van der Waals surface area (Å²) in [6.45, 7) is 4.72. The van der Waals surface area contributed by atoms with Crippen molar-refractivity contribution in [1.82, 2.24) is 4.90 Å². The molecule has 118 valence electrons. The fourth-order valence-electron chi connectivity index (χ4n) is 3.14. The van der Waals surface area contributed by atoms with E-state index in [1.807, 2.05) is 35.2 Å². The Labute approximate surface area is 133 Å². The van der Waals surface area contributed by atoms with Crippen molar-refractivity contribution in [2.45, 2.75) is 32.1 Å². The average molecular weight is 299 g/mol. The number of nitrogens with zero attached hydrogens (tertiary/aromatic N) is 1. The first-order valence-electron chi connectivity index (χ1n) is 8.11. The largest absolute Gasteiger partial charge is 0.368 e. The van der Waals surface area contributed by atoms with Gasteiger partial charge in [-0.15, -0.1) is 6.42 Å². The van der Waals surface area contributed by atoms with E-state index in [9.17, 15) is 4.79 Å². The molecule has 1 fully saturated rings. The van der Waals surface area contributed by atoms with Crippen LogP contribution in [0.25, 0.3) is 0 Å². The van der Waals surface area contributed by atoms with Crippen LogP contribution in [0.2, 0.25) is 0 Å². The molecular formula is C19H25NO2. The third-order valence-electron chi connectivity index (χ3n) is 4.28. The van der Waals surface area contributed by atoms with E-state index in [0.29, 0.717) is 19.1 Å². The molecule has 0 N–H and O–H groups in total. The molecule has 2 atom stereocenters. The number of carbonyl (C=O) groups excluding carboxylic acids is 1. The molecule has 0 bridgehead atoms. The van der Waals surface area contributed by atoms with Gasteiger partial charge in [-0.05, 0) is 30.7 Å². The predicted molar refractivity (Wildman–Crippen MR) is 88.4 cm³/mol. The van der Waals surface area contributed by atoms with Crippen LogP contribution < -0.4 is 0 Å². The molecule has 1 aromatic rings. The van der Waals surface area contributed by atoms with Gasteiger partial charge in [-0.25, -0.2) is 0 Å². The number of terminal acetylenes is 1. The quantitative estimate of drug-likeness (QED) is 0.597. The topological polar surface area (TPSA) is 29.5 Å². The molecule has 1 amide bonds. The number of amides is 1. The summed E-state index contributed by atoms with van der Waals surface area (Å²) in [6.07, 6.45) is 8.18. The van der Waals surface area contributed by atoms with Crippen LogP contribution in [0.3, 0.4) is 0 Å². The zero-order valence-electron chi connectivity index (χ0n) is 13.3. The molecular weight excluding hydrogens is 274 g/mol. The first-order valence-corrected chi connectivity index (χ1v) is 8.11. The van der Waals surface area contributed by atoms with Gasteiger partial charge in [0.1, 0.15) is 6.61 Å². The number of benzene rings is 1. The standard InChI is InChI=1S/C19H25NO2/c1-3-13-22-15-16-9-8-12-20(14-16)19(21)18(4-2)17-10-6-5-7-11-17/h1,5-7,10-11,16,18H,4,8-9,12-15H2,2H3/t16-,18-/m1/s1. The van der Waals surface area contributed by atoms with Gasteiger partial charge in [0, 0.05) is 13.1 Å². The lowest BCUT2D eigenvalue weighted by molar-refractivity contribution is -0.135. The van der Waals surface area contributed by atoms with Gasteiger partial charge in [-0.1, -0.05) is 43.2 Å². The predicted octanol–water partition coefficient (Wildman–Crippen LogP) is 3.07. The summed E-state index contributed by atoms with van der Waals surface area (Å²) in [7, 11) is 0. The minimum Gasteiger partial charge on any atom is -0.368 e. The summed E-state index contributed by atoms with van der Waals surface area (Å²) < 4.78 is 5.45. The van der Waals surface area contributed by atoms with Crippen molar-refractivity contribution >= 4 is 5.91 Å². The lowest BCUT2D eigenvalue weighted by Gasteiger charge is -2.34. The fraction of sp³-hybridized carbons (Fsp3) is 0.526. The molecule has 0 unspecified atom stereocenters. The summed E-state index contributed by atoms with van der Waals surface area (Å²) in [5.41, 5.74) is 1.11.